The third-order valence-corrected chi connectivity index (χ3v) is 4.82. The highest BCUT2D eigenvalue weighted by Crippen LogP contribution is 2.32. The summed E-state index contributed by atoms with van der Waals surface area (Å²) in [6.07, 6.45) is 2.19. The second-order valence-corrected chi connectivity index (χ2v) is 7.01. The van der Waals surface area contributed by atoms with Crippen molar-refractivity contribution in [3.05, 3.63) is 95.8 Å². The lowest BCUT2D eigenvalue weighted by Crippen LogP contribution is -2.22. The van der Waals surface area contributed by atoms with Crippen LogP contribution in [0.3, 0.4) is 0 Å². The maximum Gasteiger partial charge on any atom is 0.226 e. The topological polar surface area (TPSA) is 69.3 Å². The fraction of sp³-hybridized carbons (Fsp3) is 0.167. The van der Waals surface area contributed by atoms with Gasteiger partial charge in [0, 0.05) is 12.0 Å². The lowest BCUT2D eigenvalue weighted by molar-refractivity contribution is -0.121. The molecule has 0 unspecified atom stereocenters. The number of para-hydroxylation sites is 2. The van der Waals surface area contributed by atoms with E-state index in [-0.39, 0.29) is 18.1 Å². The van der Waals surface area contributed by atoms with Gasteiger partial charge in [-0.3, -0.25) is 4.79 Å². The molecule has 2 heterocycles. The molecule has 158 valence electrons. The van der Waals surface area contributed by atoms with Crippen LogP contribution < -0.4 is 10.1 Å². The number of halogens is 1. The van der Waals surface area contributed by atoms with Crippen LogP contribution in [0.5, 0.6) is 11.6 Å². The van der Waals surface area contributed by atoms with Crippen LogP contribution in [0.15, 0.2) is 77.4 Å². The van der Waals surface area contributed by atoms with E-state index in [2.05, 4.69) is 10.4 Å². The van der Waals surface area contributed by atoms with Crippen LogP contribution in [-0.2, 0) is 17.8 Å². The summed E-state index contributed by atoms with van der Waals surface area (Å²) in [6, 6.07) is 19.2. The fourth-order valence-electron chi connectivity index (χ4n) is 3.23. The molecule has 0 spiro atoms. The van der Waals surface area contributed by atoms with Gasteiger partial charge in [-0.2, -0.15) is 5.10 Å². The number of rotatable bonds is 8. The van der Waals surface area contributed by atoms with E-state index in [0.29, 0.717) is 30.3 Å². The van der Waals surface area contributed by atoms with E-state index in [4.69, 9.17) is 9.15 Å². The van der Waals surface area contributed by atoms with Gasteiger partial charge >= 0.3 is 0 Å². The van der Waals surface area contributed by atoms with Gasteiger partial charge in [0.15, 0.2) is 11.6 Å². The number of nitrogens with one attached hydrogen (secondary N) is 1. The molecule has 1 N–H and O–H groups in total. The molecular weight excluding hydrogens is 397 g/mol. The molecule has 0 bridgehead atoms. The summed E-state index contributed by atoms with van der Waals surface area (Å²) in [7, 11) is 0. The summed E-state index contributed by atoms with van der Waals surface area (Å²) in [5, 5.41) is 7.42. The molecule has 0 aliphatic carbocycles. The second kappa shape index (κ2) is 9.30. The zero-order valence-electron chi connectivity index (χ0n) is 17.0. The van der Waals surface area contributed by atoms with Gasteiger partial charge in [0.2, 0.25) is 11.8 Å². The monoisotopic (exact) mass is 419 g/mol. The maximum atomic E-state index is 14.3. The molecule has 0 atom stereocenters. The Kier molecular flexibility index (Phi) is 6.12. The van der Waals surface area contributed by atoms with Crippen molar-refractivity contribution >= 4 is 5.91 Å². The van der Waals surface area contributed by atoms with Crippen molar-refractivity contribution in [2.75, 3.05) is 0 Å². The minimum Gasteiger partial charge on any atom is -0.467 e. The number of hydrogen-bond donors (Lipinski definition) is 1. The highest BCUT2D eigenvalue weighted by atomic mass is 19.1. The van der Waals surface area contributed by atoms with E-state index in [1.807, 2.05) is 37.3 Å². The van der Waals surface area contributed by atoms with Crippen molar-refractivity contribution in [1.29, 1.82) is 0 Å². The van der Waals surface area contributed by atoms with Crippen LogP contribution in [0.2, 0.25) is 0 Å². The molecular formula is C24H22FN3O3. The average molecular weight is 419 g/mol. The number of aromatic nitrogens is 2. The lowest BCUT2D eigenvalue weighted by Gasteiger charge is -2.12. The van der Waals surface area contributed by atoms with E-state index in [0.717, 1.165) is 11.3 Å². The van der Waals surface area contributed by atoms with Crippen molar-refractivity contribution in [3.8, 4) is 17.3 Å². The summed E-state index contributed by atoms with van der Waals surface area (Å²) in [5.41, 5.74) is 2.25. The van der Waals surface area contributed by atoms with Gasteiger partial charge in [0.1, 0.15) is 5.76 Å². The molecule has 0 radical (unpaired) electrons. The quantitative estimate of drug-likeness (QED) is 0.439. The number of carbonyl (C=O) groups is 1. The fourth-order valence-corrected chi connectivity index (χ4v) is 3.23. The number of benzene rings is 2. The van der Waals surface area contributed by atoms with Crippen LogP contribution in [0.25, 0.3) is 5.69 Å². The van der Waals surface area contributed by atoms with Gasteiger partial charge < -0.3 is 14.5 Å². The minimum atomic E-state index is -0.469. The Bertz CT molecular complexity index is 1150. The van der Waals surface area contributed by atoms with Crippen molar-refractivity contribution < 1.29 is 18.3 Å². The van der Waals surface area contributed by atoms with Gasteiger partial charge in [0.05, 0.1) is 24.2 Å². The number of aryl methyl sites for hydroxylation is 1. The molecule has 4 rings (SSSR count). The number of carbonyl (C=O) groups excluding carboxylic acids is 1. The summed E-state index contributed by atoms with van der Waals surface area (Å²) in [4.78, 5) is 12.3. The molecule has 0 saturated heterocycles. The molecule has 0 saturated carbocycles. The molecule has 0 fully saturated rings. The molecule has 6 nitrogen and oxygen atoms in total. The lowest BCUT2D eigenvalue weighted by atomic mass is 10.1. The van der Waals surface area contributed by atoms with E-state index in [1.54, 1.807) is 41.3 Å². The van der Waals surface area contributed by atoms with Gasteiger partial charge in [-0.1, -0.05) is 30.3 Å². The maximum absolute atomic E-state index is 14.3. The molecule has 31 heavy (non-hydrogen) atoms. The van der Waals surface area contributed by atoms with Crippen LogP contribution in [0.1, 0.15) is 23.4 Å². The minimum absolute atomic E-state index is 0.100. The molecule has 0 aliphatic rings. The van der Waals surface area contributed by atoms with Crippen LogP contribution in [0, 0.1) is 12.7 Å². The number of nitrogens with zero attached hydrogens (tertiary/aromatic N) is 2. The zero-order chi connectivity index (χ0) is 21.6. The van der Waals surface area contributed by atoms with Crippen molar-refractivity contribution in [2.45, 2.75) is 26.3 Å². The molecule has 2 aromatic heterocycles. The second-order valence-electron chi connectivity index (χ2n) is 7.01. The Balaban J connectivity index is 1.58. The normalized spacial score (nSPS) is 10.8. The van der Waals surface area contributed by atoms with Crippen molar-refractivity contribution in [1.82, 2.24) is 15.1 Å². The SMILES string of the molecule is Cc1nn(-c2ccccc2)c(Oc2ccccc2F)c1CCC(=O)NCc1ccco1. The van der Waals surface area contributed by atoms with E-state index >= 15 is 0 Å². The Hall–Kier alpha value is -3.87. The predicted octanol–water partition coefficient (Wildman–Crippen LogP) is 4.95. The first-order chi connectivity index (χ1) is 15.1. The molecule has 1 amide bonds. The Labute approximate surface area is 179 Å². The Morgan fingerprint density at radius 3 is 2.61 bits per heavy atom. The summed E-state index contributed by atoms with van der Waals surface area (Å²) >= 11 is 0. The number of amides is 1. The van der Waals surface area contributed by atoms with Gasteiger partial charge in [-0.15, -0.1) is 0 Å². The highest BCUT2D eigenvalue weighted by Gasteiger charge is 2.20. The van der Waals surface area contributed by atoms with Gasteiger partial charge in [-0.25, -0.2) is 9.07 Å². The van der Waals surface area contributed by atoms with E-state index < -0.39 is 5.82 Å². The van der Waals surface area contributed by atoms with Crippen molar-refractivity contribution in [3.63, 3.8) is 0 Å². The number of furan rings is 1. The summed E-state index contributed by atoms with van der Waals surface area (Å²) in [5.74, 6) is 0.587. The summed E-state index contributed by atoms with van der Waals surface area (Å²) in [6.45, 7) is 2.18. The molecule has 4 aromatic rings. The van der Waals surface area contributed by atoms with E-state index in [9.17, 15) is 9.18 Å². The van der Waals surface area contributed by atoms with Gasteiger partial charge in [0.25, 0.3) is 0 Å². The van der Waals surface area contributed by atoms with Crippen molar-refractivity contribution in [2.24, 2.45) is 0 Å². The zero-order valence-corrected chi connectivity index (χ0v) is 17.0. The standard InChI is InChI=1S/C24H22FN3O3/c1-17-20(13-14-23(29)26-16-19-10-7-15-30-19)24(31-22-12-6-5-11-21(22)25)28(27-17)18-8-3-2-4-9-18/h2-12,15H,13-14,16H2,1H3,(H,26,29). The number of hydrogen-bond acceptors (Lipinski definition) is 4. The number of ether oxygens (including phenoxy) is 1. The van der Waals surface area contributed by atoms with E-state index in [1.165, 1.54) is 6.07 Å². The smallest absolute Gasteiger partial charge is 0.226 e. The third-order valence-electron chi connectivity index (χ3n) is 4.82. The first-order valence-corrected chi connectivity index (χ1v) is 9.97. The molecule has 7 heteroatoms. The van der Waals surface area contributed by atoms with Crippen LogP contribution in [0.4, 0.5) is 4.39 Å². The molecule has 2 aromatic carbocycles. The van der Waals surface area contributed by atoms with Crippen LogP contribution >= 0.6 is 0 Å². The summed E-state index contributed by atoms with van der Waals surface area (Å²) < 4.78 is 27.1. The largest absolute Gasteiger partial charge is 0.467 e. The Morgan fingerprint density at radius 1 is 1.10 bits per heavy atom. The first kappa shape index (κ1) is 20.4. The first-order valence-electron chi connectivity index (χ1n) is 9.97. The Morgan fingerprint density at radius 2 is 1.87 bits per heavy atom. The van der Waals surface area contributed by atoms with Gasteiger partial charge in [-0.05, 0) is 49.7 Å². The van der Waals surface area contributed by atoms with Crippen LogP contribution in [-0.4, -0.2) is 15.7 Å². The third kappa shape index (κ3) is 4.83. The predicted molar refractivity (Wildman–Crippen MR) is 114 cm³/mol. The average Bonchev–Trinajstić information content (AvgIpc) is 3.41. The highest BCUT2D eigenvalue weighted by molar-refractivity contribution is 5.76. The molecule has 0 aliphatic heterocycles.